The smallest absolute Gasteiger partial charge is 0.305 e. The molecule has 0 bridgehead atoms. The number of Topliss-reactive ketones (excluding diaryl/α,β-unsaturated/α-hetero) is 1. The fourth-order valence-electron chi connectivity index (χ4n) is 6.64. The van der Waals surface area contributed by atoms with Crippen LogP contribution in [0.5, 0.6) is 0 Å². The minimum absolute atomic E-state index is 0.0371. The number of ketones is 1. The Morgan fingerprint density at radius 3 is 2.21 bits per heavy atom. The molecule has 1 spiro atoms. The van der Waals surface area contributed by atoms with Gasteiger partial charge in [-0.1, -0.05) is 89.7 Å². The van der Waals surface area contributed by atoms with E-state index in [9.17, 15) is 22.8 Å². The van der Waals surface area contributed by atoms with Crippen molar-refractivity contribution >= 4 is 29.0 Å². The third-order valence-corrected chi connectivity index (χ3v) is 9.44. The summed E-state index contributed by atoms with van der Waals surface area (Å²) >= 11 is 6.16. The molecule has 1 unspecified atom stereocenters. The number of hydrogen-bond acceptors (Lipinski definition) is 3. The van der Waals surface area contributed by atoms with Crippen molar-refractivity contribution in [3.63, 3.8) is 0 Å². The zero-order valence-corrected chi connectivity index (χ0v) is 26.7. The minimum atomic E-state index is -4.61. The van der Waals surface area contributed by atoms with Crippen LogP contribution in [0.25, 0.3) is 0 Å². The summed E-state index contributed by atoms with van der Waals surface area (Å²) in [6.07, 6.45) is 3.11. The van der Waals surface area contributed by atoms with Crippen molar-refractivity contribution in [1.82, 2.24) is 4.90 Å². The second-order valence-electron chi connectivity index (χ2n) is 13.3. The number of unbranched alkanes of at least 4 members (excludes halogenated alkanes) is 2. The number of amides is 1. The molecule has 0 radical (unpaired) electrons. The number of alkyl halides is 3. The first-order valence-electron chi connectivity index (χ1n) is 15.6. The monoisotopic (exact) mass is 616 g/mol. The van der Waals surface area contributed by atoms with Gasteiger partial charge in [0.05, 0.1) is 11.6 Å². The summed E-state index contributed by atoms with van der Waals surface area (Å²) in [6.45, 7) is 10.8. The van der Waals surface area contributed by atoms with Crippen molar-refractivity contribution in [2.24, 2.45) is 16.3 Å². The molecule has 1 aliphatic heterocycles. The SMILES string of the molecule is CCCCC(=O)c1ccc(C(CCCC)N2C(=O)C(c3cc(Cl)cc(C(F)(F)F)c3)=NC23CCC(C(C)(C)C)CC3)cc1. The molecule has 4 rings (SSSR count). The first kappa shape index (κ1) is 33.2. The molecular weight excluding hydrogens is 573 g/mol. The molecule has 2 aromatic rings. The fourth-order valence-corrected chi connectivity index (χ4v) is 6.87. The predicted octanol–water partition coefficient (Wildman–Crippen LogP) is 10.2. The van der Waals surface area contributed by atoms with Crippen molar-refractivity contribution < 1.29 is 22.8 Å². The number of halogens is 4. The number of benzene rings is 2. The molecule has 1 atom stereocenters. The number of hydrogen-bond donors (Lipinski definition) is 0. The Morgan fingerprint density at radius 2 is 1.65 bits per heavy atom. The predicted molar refractivity (Wildman–Crippen MR) is 167 cm³/mol. The third-order valence-electron chi connectivity index (χ3n) is 9.22. The van der Waals surface area contributed by atoms with Crippen molar-refractivity contribution in [2.75, 3.05) is 0 Å². The highest BCUT2D eigenvalue weighted by Crippen LogP contribution is 2.50. The summed E-state index contributed by atoms with van der Waals surface area (Å²) in [5, 5.41) is -0.0878. The molecule has 0 N–H and O–H groups in total. The van der Waals surface area contributed by atoms with Gasteiger partial charge in [-0.2, -0.15) is 13.2 Å². The van der Waals surface area contributed by atoms with Crippen LogP contribution in [0.3, 0.4) is 0 Å². The molecule has 1 aliphatic carbocycles. The van der Waals surface area contributed by atoms with Crippen LogP contribution < -0.4 is 0 Å². The molecule has 0 aromatic heterocycles. The van der Waals surface area contributed by atoms with Gasteiger partial charge in [-0.05, 0) is 73.6 Å². The van der Waals surface area contributed by atoms with E-state index in [1.807, 2.05) is 29.2 Å². The van der Waals surface area contributed by atoms with Crippen LogP contribution in [0, 0.1) is 11.3 Å². The van der Waals surface area contributed by atoms with Crippen LogP contribution >= 0.6 is 11.6 Å². The summed E-state index contributed by atoms with van der Waals surface area (Å²) in [6, 6.07) is 10.5. The Hall–Kier alpha value is -2.67. The summed E-state index contributed by atoms with van der Waals surface area (Å²) in [5.41, 5.74) is 0.0202. The summed E-state index contributed by atoms with van der Waals surface area (Å²) in [7, 11) is 0. The van der Waals surface area contributed by atoms with E-state index in [2.05, 4.69) is 34.6 Å². The van der Waals surface area contributed by atoms with Gasteiger partial charge in [-0.3, -0.25) is 14.6 Å². The molecule has 1 amide bonds. The van der Waals surface area contributed by atoms with Gasteiger partial charge in [0.2, 0.25) is 0 Å². The van der Waals surface area contributed by atoms with Gasteiger partial charge in [-0.25, -0.2) is 0 Å². The molecule has 2 aromatic carbocycles. The van der Waals surface area contributed by atoms with Gasteiger partial charge in [-0.15, -0.1) is 0 Å². The topological polar surface area (TPSA) is 49.7 Å². The van der Waals surface area contributed by atoms with Crippen molar-refractivity contribution in [3.05, 3.63) is 69.7 Å². The van der Waals surface area contributed by atoms with Gasteiger partial charge in [0.15, 0.2) is 5.78 Å². The molecule has 234 valence electrons. The van der Waals surface area contributed by atoms with Crippen molar-refractivity contribution in [2.45, 2.75) is 117 Å². The molecule has 4 nitrogen and oxygen atoms in total. The van der Waals surface area contributed by atoms with Crippen LogP contribution in [-0.4, -0.2) is 28.0 Å². The fraction of sp³-hybridized carbons (Fsp3) is 0.571. The Kier molecular flexibility index (Phi) is 10.1. The van der Waals surface area contributed by atoms with Crippen LogP contribution in [0.2, 0.25) is 5.02 Å². The van der Waals surface area contributed by atoms with E-state index >= 15 is 0 Å². The van der Waals surface area contributed by atoms with E-state index in [1.165, 1.54) is 6.07 Å². The second-order valence-corrected chi connectivity index (χ2v) is 13.7. The van der Waals surface area contributed by atoms with Gasteiger partial charge in [0.25, 0.3) is 5.91 Å². The van der Waals surface area contributed by atoms with E-state index < -0.39 is 17.4 Å². The minimum Gasteiger partial charge on any atom is -0.305 e. The largest absolute Gasteiger partial charge is 0.416 e. The van der Waals surface area contributed by atoms with Gasteiger partial charge < -0.3 is 4.90 Å². The van der Waals surface area contributed by atoms with Crippen molar-refractivity contribution in [3.8, 4) is 0 Å². The van der Waals surface area contributed by atoms with E-state index in [4.69, 9.17) is 16.6 Å². The zero-order valence-electron chi connectivity index (χ0n) is 26.0. The lowest BCUT2D eigenvalue weighted by Gasteiger charge is -2.47. The molecule has 2 aliphatic rings. The third kappa shape index (κ3) is 7.35. The maximum absolute atomic E-state index is 14.4. The van der Waals surface area contributed by atoms with E-state index in [0.29, 0.717) is 37.2 Å². The number of nitrogens with zero attached hydrogens (tertiary/aromatic N) is 2. The van der Waals surface area contributed by atoms with Gasteiger partial charge >= 0.3 is 6.18 Å². The van der Waals surface area contributed by atoms with Crippen LogP contribution in [0.15, 0.2) is 47.5 Å². The van der Waals surface area contributed by atoms with Crippen LogP contribution in [0.1, 0.15) is 132 Å². The maximum atomic E-state index is 14.4. The Balaban J connectivity index is 1.79. The number of aliphatic imine (C=N–C) groups is 1. The van der Waals surface area contributed by atoms with E-state index in [1.54, 1.807) is 0 Å². The Labute approximate surface area is 259 Å². The summed E-state index contributed by atoms with van der Waals surface area (Å²) in [5.74, 6) is 0.174. The lowest BCUT2D eigenvalue weighted by atomic mass is 9.69. The highest BCUT2D eigenvalue weighted by Gasteiger charge is 2.52. The van der Waals surface area contributed by atoms with E-state index in [-0.39, 0.29) is 39.4 Å². The summed E-state index contributed by atoms with van der Waals surface area (Å²) < 4.78 is 41.2. The number of rotatable bonds is 10. The average molecular weight is 617 g/mol. The molecule has 43 heavy (non-hydrogen) atoms. The van der Waals surface area contributed by atoms with Crippen LogP contribution in [-0.2, 0) is 11.0 Å². The van der Waals surface area contributed by atoms with Gasteiger partial charge in [0, 0.05) is 22.6 Å². The Morgan fingerprint density at radius 1 is 1.02 bits per heavy atom. The normalized spacial score (nSPS) is 21.8. The maximum Gasteiger partial charge on any atom is 0.416 e. The zero-order chi connectivity index (χ0) is 31.6. The highest BCUT2D eigenvalue weighted by molar-refractivity contribution is 6.47. The van der Waals surface area contributed by atoms with E-state index in [0.717, 1.165) is 56.2 Å². The van der Waals surface area contributed by atoms with Crippen molar-refractivity contribution in [1.29, 1.82) is 0 Å². The molecular formula is C35H44ClF3N2O2. The quantitative estimate of drug-likeness (QED) is 0.249. The lowest BCUT2D eigenvalue weighted by molar-refractivity contribution is -0.137. The standard InChI is InChI=1S/C35H44ClF3N2O2/c1-6-8-10-29(23-12-14-24(15-13-23)30(42)11-9-7-2)41-32(43)31(25-20-27(35(37,38)39)22-28(36)21-25)40-34(41)18-16-26(17-19-34)33(3,4)5/h12-15,20-22,26,29H,6-11,16-19H2,1-5H3. The average Bonchev–Trinajstić information content (AvgIpc) is 3.22. The summed E-state index contributed by atoms with van der Waals surface area (Å²) in [4.78, 5) is 34.0. The molecule has 0 saturated heterocycles. The highest BCUT2D eigenvalue weighted by atomic mass is 35.5. The first-order chi connectivity index (χ1) is 20.2. The number of carbonyl (C=O) groups excluding carboxylic acids is 2. The first-order valence-corrected chi connectivity index (χ1v) is 16.0. The molecule has 8 heteroatoms. The Bertz CT molecular complexity index is 1340. The number of carbonyl (C=O) groups is 2. The molecule has 1 heterocycles. The van der Waals surface area contributed by atoms with Gasteiger partial charge in [0.1, 0.15) is 11.4 Å². The lowest BCUT2D eigenvalue weighted by Crippen LogP contribution is -2.51. The molecule has 1 saturated carbocycles. The van der Waals surface area contributed by atoms with Crippen LogP contribution in [0.4, 0.5) is 13.2 Å². The molecule has 1 fully saturated rings. The second kappa shape index (κ2) is 13.1.